The molecule has 0 radical (unpaired) electrons. The molecule has 0 aromatic carbocycles. The average Bonchev–Trinajstić information content (AvgIpc) is 1.95. The van der Waals surface area contributed by atoms with E-state index >= 15 is 0 Å². The summed E-state index contributed by atoms with van der Waals surface area (Å²) in [7, 11) is 0. The van der Waals surface area contributed by atoms with Crippen LogP contribution in [0.15, 0.2) is 0 Å². The van der Waals surface area contributed by atoms with Crippen molar-refractivity contribution in [1.29, 1.82) is 0 Å². The second-order valence-corrected chi connectivity index (χ2v) is 6.58. The lowest BCUT2D eigenvalue weighted by Gasteiger charge is -2.23. The fourth-order valence-corrected chi connectivity index (χ4v) is 0.793. The summed E-state index contributed by atoms with van der Waals surface area (Å²) >= 11 is 0. The van der Waals surface area contributed by atoms with Crippen LogP contribution in [0.3, 0.4) is 0 Å². The van der Waals surface area contributed by atoms with Crippen molar-refractivity contribution < 1.29 is 24.5 Å². The van der Waals surface area contributed by atoms with E-state index in [0.29, 0.717) is 10.8 Å². The van der Waals surface area contributed by atoms with Gasteiger partial charge >= 0.3 is 11.9 Å². The van der Waals surface area contributed by atoms with Crippen molar-refractivity contribution in [3.8, 4) is 0 Å². The van der Waals surface area contributed by atoms with Crippen LogP contribution in [0.4, 0.5) is 0 Å². The molecule has 0 aromatic rings. The SMILES string of the molecule is CC(C)(C)COCC(C)(C)C.O=C(O)CC(=O)O. The lowest BCUT2D eigenvalue weighted by molar-refractivity contribution is -0.147. The van der Waals surface area contributed by atoms with Crippen molar-refractivity contribution in [3.05, 3.63) is 0 Å². The Balaban J connectivity index is 0. The zero-order chi connectivity index (χ0) is 15.0. The Morgan fingerprint density at radius 3 is 1.22 bits per heavy atom. The Hall–Kier alpha value is -1.10. The van der Waals surface area contributed by atoms with Gasteiger partial charge in [0.1, 0.15) is 6.42 Å². The molecule has 5 nitrogen and oxygen atoms in total. The number of hydrogen-bond donors (Lipinski definition) is 2. The maximum absolute atomic E-state index is 9.43. The number of carboxylic acid groups (broad SMARTS) is 2. The first kappa shape index (κ1) is 19.2. The van der Waals surface area contributed by atoms with Crippen molar-refractivity contribution in [2.24, 2.45) is 10.8 Å². The Kier molecular flexibility index (Phi) is 8.64. The standard InChI is InChI=1S/C10H22O.C3H4O4/c1-9(2,3)7-11-8-10(4,5)6;4-2(5)1-3(6)7/h7-8H2,1-6H3;1H2,(H,4,5)(H,6,7). The van der Waals surface area contributed by atoms with Gasteiger partial charge in [-0.25, -0.2) is 0 Å². The van der Waals surface area contributed by atoms with E-state index in [4.69, 9.17) is 14.9 Å². The number of aliphatic carboxylic acids is 2. The number of carbonyl (C=O) groups is 2. The topological polar surface area (TPSA) is 83.8 Å². The molecule has 0 heterocycles. The minimum absolute atomic E-state index is 0.297. The fraction of sp³-hybridized carbons (Fsp3) is 0.846. The number of ether oxygens (including phenoxy) is 1. The minimum atomic E-state index is -1.31. The van der Waals surface area contributed by atoms with Crippen LogP contribution < -0.4 is 0 Å². The van der Waals surface area contributed by atoms with E-state index < -0.39 is 18.4 Å². The maximum Gasteiger partial charge on any atom is 0.314 e. The summed E-state index contributed by atoms with van der Waals surface area (Å²) in [4.78, 5) is 18.9. The first-order valence-electron chi connectivity index (χ1n) is 5.85. The molecule has 2 N–H and O–H groups in total. The summed E-state index contributed by atoms with van der Waals surface area (Å²) in [6.45, 7) is 14.8. The lowest BCUT2D eigenvalue weighted by atomic mass is 9.97. The van der Waals surface area contributed by atoms with E-state index in [9.17, 15) is 9.59 Å². The number of rotatable bonds is 4. The van der Waals surface area contributed by atoms with Crippen molar-refractivity contribution in [1.82, 2.24) is 0 Å². The summed E-state index contributed by atoms with van der Waals surface area (Å²) in [5.74, 6) is -2.62. The van der Waals surface area contributed by atoms with Gasteiger partial charge in [-0.3, -0.25) is 9.59 Å². The number of carboxylic acids is 2. The predicted octanol–water partition coefficient (Wildman–Crippen LogP) is 2.64. The van der Waals surface area contributed by atoms with Crippen molar-refractivity contribution in [3.63, 3.8) is 0 Å². The van der Waals surface area contributed by atoms with Gasteiger partial charge in [-0.05, 0) is 10.8 Å². The monoisotopic (exact) mass is 262 g/mol. The molecule has 18 heavy (non-hydrogen) atoms. The molecule has 0 amide bonds. The van der Waals surface area contributed by atoms with Crippen molar-refractivity contribution in [2.45, 2.75) is 48.0 Å². The Labute approximate surface area is 109 Å². The Morgan fingerprint density at radius 2 is 1.11 bits per heavy atom. The highest BCUT2D eigenvalue weighted by atomic mass is 16.5. The van der Waals surface area contributed by atoms with Crippen LogP contribution in [0.5, 0.6) is 0 Å². The van der Waals surface area contributed by atoms with Gasteiger partial charge in [-0.15, -0.1) is 0 Å². The fourth-order valence-electron chi connectivity index (χ4n) is 0.793. The zero-order valence-electron chi connectivity index (χ0n) is 12.2. The van der Waals surface area contributed by atoms with Crippen LogP contribution in [0.2, 0.25) is 0 Å². The summed E-state index contributed by atoms with van der Waals surface area (Å²) < 4.78 is 5.56. The van der Waals surface area contributed by atoms with Crippen molar-refractivity contribution >= 4 is 11.9 Å². The molecule has 0 atom stereocenters. The molecule has 0 spiro atoms. The molecule has 0 saturated carbocycles. The van der Waals surface area contributed by atoms with Gasteiger partial charge in [-0.2, -0.15) is 0 Å². The molecular weight excluding hydrogens is 236 g/mol. The third-order valence-corrected chi connectivity index (χ3v) is 1.37. The first-order chi connectivity index (χ1) is 7.83. The van der Waals surface area contributed by atoms with Crippen LogP contribution in [-0.2, 0) is 14.3 Å². The summed E-state index contributed by atoms with van der Waals surface area (Å²) in [5.41, 5.74) is 0.594. The molecule has 0 saturated heterocycles. The number of hydrogen-bond acceptors (Lipinski definition) is 3. The predicted molar refractivity (Wildman–Crippen MR) is 69.6 cm³/mol. The van der Waals surface area contributed by atoms with Crippen LogP contribution in [0.1, 0.15) is 48.0 Å². The van der Waals surface area contributed by atoms with Gasteiger partial charge in [0, 0.05) is 0 Å². The molecule has 108 valence electrons. The highest BCUT2D eigenvalue weighted by Gasteiger charge is 2.14. The van der Waals surface area contributed by atoms with Gasteiger partial charge in [0.25, 0.3) is 0 Å². The quantitative estimate of drug-likeness (QED) is 0.761. The van der Waals surface area contributed by atoms with E-state index in [1.54, 1.807) is 0 Å². The minimum Gasteiger partial charge on any atom is -0.481 e. The van der Waals surface area contributed by atoms with Gasteiger partial charge < -0.3 is 14.9 Å². The normalized spacial score (nSPS) is 11.4. The third-order valence-electron chi connectivity index (χ3n) is 1.37. The second kappa shape index (κ2) is 8.08. The van der Waals surface area contributed by atoms with Crippen LogP contribution in [0, 0.1) is 10.8 Å². The Bertz CT molecular complexity index is 232. The van der Waals surface area contributed by atoms with E-state index in [1.165, 1.54) is 0 Å². The molecule has 0 aliphatic rings. The molecule has 5 heteroatoms. The summed E-state index contributed by atoms with van der Waals surface area (Å²) in [6, 6.07) is 0. The summed E-state index contributed by atoms with van der Waals surface area (Å²) in [5, 5.41) is 15.4. The molecule has 0 rings (SSSR count). The Morgan fingerprint density at radius 1 is 0.833 bits per heavy atom. The molecule has 0 fully saturated rings. The second-order valence-electron chi connectivity index (χ2n) is 6.58. The summed E-state index contributed by atoms with van der Waals surface area (Å²) in [6.07, 6.45) is -0.806. The molecule has 0 bridgehead atoms. The molecule has 0 aromatic heterocycles. The van der Waals surface area contributed by atoms with Gasteiger partial charge in [0.15, 0.2) is 0 Å². The molecule has 0 aliphatic heterocycles. The van der Waals surface area contributed by atoms with Gasteiger partial charge in [0.2, 0.25) is 0 Å². The van der Waals surface area contributed by atoms with Crippen LogP contribution in [-0.4, -0.2) is 35.4 Å². The first-order valence-corrected chi connectivity index (χ1v) is 5.85. The maximum atomic E-state index is 9.43. The van der Waals surface area contributed by atoms with Gasteiger partial charge in [0.05, 0.1) is 13.2 Å². The zero-order valence-corrected chi connectivity index (χ0v) is 12.2. The van der Waals surface area contributed by atoms with E-state index in [1.807, 2.05) is 0 Å². The smallest absolute Gasteiger partial charge is 0.314 e. The molecule has 0 aliphatic carbocycles. The lowest BCUT2D eigenvalue weighted by Crippen LogP contribution is -2.21. The van der Waals surface area contributed by atoms with Gasteiger partial charge in [-0.1, -0.05) is 41.5 Å². The third kappa shape index (κ3) is 24.2. The largest absolute Gasteiger partial charge is 0.481 e. The average molecular weight is 262 g/mol. The van der Waals surface area contributed by atoms with Crippen LogP contribution >= 0.6 is 0 Å². The molecule has 0 unspecified atom stereocenters. The van der Waals surface area contributed by atoms with E-state index in [2.05, 4.69) is 41.5 Å². The highest BCUT2D eigenvalue weighted by molar-refractivity contribution is 5.88. The molecular formula is C13H26O5. The van der Waals surface area contributed by atoms with E-state index in [-0.39, 0.29) is 0 Å². The van der Waals surface area contributed by atoms with Crippen LogP contribution in [0.25, 0.3) is 0 Å². The van der Waals surface area contributed by atoms with Crippen molar-refractivity contribution in [2.75, 3.05) is 13.2 Å². The van der Waals surface area contributed by atoms with E-state index in [0.717, 1.165) is 13.2 Å². The highest BCUT2D eigenvalue weighted by Crippen LogP contribution is 2.17.